The summed E-state index contributed by atoms with van der Waals surface area (Å²) < 4.78 is 7.52. The second kappa shape index (κ2) is 8.78. The third kappa shape index (κ3) is 4.05. The molecule has 0 saturated carbocycles. The van der Waals surface area contributed by atoms with Crippen LogP contribution in [0.2, 0.25) is 0 Å². The molecule has 0 aliphatic carbocycles. The average Bonchev–Trinajstić information content (AvgIpc) is 3.02. The fourth-order valence-electron chi connectivity index (χ4n) is 3.33. The topological polar surface area (TPSA) is 63.9 Å². The molecule has 2 aromatic rings. The number of carbonyl (C=O) groups excluding carboxylic acids is 1. The van der Waals surface area contributed by atoms with Gasteiger partial charge in [0.2, 0.25) is 0 Å². The maximum Gasteiger partial charge on any atom is 0.338 e. The maximum absolute atomic E-state index is 12.9. The van der Waals surface area contributed by atoms with Crippen molar-refractivity contribution in [1.29, 1.82) is 0 Å². The number of hydrogen-bond acceptors (Lipinski definition) is 6. The molecule has 3 rings (SSSR count). The maximum atomic E-state index is 12.9. The molecule has 1 aromatic carbocycles. The number of thiazole rings is 1. The van der Waals surface area contributed by atoms with Crippen molar-refractivity contribution in [2.45, 2.75) is 39.7 Å². The number of ether oxygens (including phenoxy) is 1. The second-order valence-corrected chi connectivity index (χ2v) is 8.13. The van der Waals surface area contributed by atoms with Crippen molar-refractivity contribution in [2.24, 2.45) is 4.99 Å². The summed E-state index contributed by atoms with van der Waals surface area (Å²) in [6.07, 6.45) is 3.75. The SMILES string of the molecule is CCC/C=c1\sc2n(c1=O)C(C)=C(C(=O)OCC)[C@@H](c1ccc(N(C)C)cc1)N=2. The quantitative estimate of drug-likeness (QED) is 0.683. The van der Waals surface area contributed by atoms with E-state index < -0.39 is 12.0 Å². The third-order valence-corrected chi connectivity index (χ3v) is 5.92. The molecule has 29 heavy (non-hydrogen) atoms. The Labute approximate surface area is 174 Å². The van der Waals surface area contributed by atoms with Crippen LogP contribution in [0.3, 0.4) is 0 Å². The van der Waals surface area contributed by atoms with Gasteiger partial charge < -0.3 is 9.64 Å². The fourth-order valence-corrected chi connectivity index (χ4v) is 4.37. The standard InChI is InChI=1S/C22H27N3O3S/c1-6-8-9-17-20(26)25-14(3)18(21(27)28-7-2)19(23-22(25)29-17)15-10-12-16(13-11-15)24(4)5/h9-13,19H,6-8H2,1-5H3/b17-9-/t19-/m1/s1. The molecule has 0 saturated heterocycles. The van der Waals surface area contributed by atoms with E-state index in [-0.39, 0.29) is 12.2 Å². The summed E-state index contributed by atoms with van der Waals surface area (Å²) in [5, 5.41) is 0. The first-order valence-corrected chi connectivity index (χ1v) is 10.7. The molecule has 2 heterocycles. The number of rotatable bonds is 6. The van der Waals surface area contributed by atoms with E-state index in [0.717, 1.165) is 24.1 Å². The number of esters is 1. The van der Waals surface area contributed by atoms with Crippen molar-refractivity contribution in [3.8, 4) is 0 Å². The Kier molecular flexibility index (Phi) is 6.37. The molecule has 7 heteroatoms. The smallest absolute Gasteiger partial charge is 0.338 e. The van der Waals surface area contributed by atoms with Crippen molar-refractivity contribution < 1.29 is 9.53 Å². The molecule has 6 nitrogen and oxygen atoms in total. The van der Waals surface area contributed by atoms with Gasteiger partial charge in [0.05, 0.1) is 16.7 Å². The number of carbonyl (C=O) groups is 1. The summed E-state index contributed by atoms with van der Waals surface area (Å²) in [4.78, 5) is 33.1. The van der Waals surface area contributed by atoms with E-state index in [4.69, 9.17) is 9.73 Å². The van der Waals surface area contributed by atoms with Crippen LogP contribution in [0.25, 0.3) is 11.8 Å². The summed E-state index contributed by atoms with van der Waals surface area (Å²) in [6, 6.07) is 7.45. The van der Waals surface area contributed by atoms with Crippen molar-refractivity contribution in [3.05, 3.63) is 55.1 Å². The van der Waals surface area contributed by atoms with Gasteiger partial charge in [-0.15, -0.1) is 0 Å². The lowest BCUT2D eigenvalue weighted by Gasteiger charge is -2.23. The van der Waals surface area contributed by atoms with Gasteiger partial charge in [-0.3, -0.25) is 9.36 Å². The van der Waals surface area contributed by atoms with E-state index in [0.29, 0.717) is 20.6 Å². The summed E-state index contributed by atoms with van der Waals surface area (Å²) >= 11 is 1.37. The fraction of sp³-hybridized carbons (Fsp3) is 0.409. The third-order valence-electron chi connectivity index (χ3n) is 4.88. The number of benzene rings is 1. The van der Waals surface area contributed by atoms with Crippen LogP contribution in [0.4, 0.5) is 5.69 Å². The Morgan fingerprint density at radius 1 is 1.28 bits per heavy atom. The van der Waals surface area contributed by atoms with E-state index in [1.807, 2.05) is 49.3 Å². The monoisotopic (exact) mass is 413 g/mol. The van der Waals surface area contributed by atoms with Gasteiger partial charge in [0.25, 0.3) is 5.56 Å². The zero-order valence-electron chi connectivity index (χ0n) is 17.6. The highest BCUT2D eigenvalue weighted by Crippen LogP contribution is 2.33. The highest BCUT2D eigenvalue weighted by Gasteiger charge is 2.31. The van der Waals surface area contributed by atoms with Crippen LogP contribution >= 0.6 is 11.3 Å². The molecular formula is C22H27N3O3S. The largest absolute Gasteiger partial charge is 0.463 e. The number of anilines is 1. The molecule has 0 fully saturated rings. The number of unbranched alkanes of at least 4 members (excludes halogenated alkanes) is 1. The van der Waals surface area contributed by atoms with Crippen LogP contribution in [-0.2, 0) is 9.53 Å². The predicted octanol–water partition coefficient (Wildman–Crippen LogP) is 2.73. The zero-order chi connectivity index (χ0) is 21.1. The Hall–Kier alpha value is -2.67. The predicted molar refractivity (Wildman–Crippen MR) is 118 cm³/mol. The van der Waals surface area contributed by atoms with Crippen molar-refractivity contribution in [3.63, 3.8) is 0 Å². The van der Waals surface area contributed by atoms with Gasteiger partial charge in [0, 0.05) is 25.5 Å². The first-order valence-electron chi connectivity index (χ1n) is 9.84. The first-order chi connectivity index (χ1) is 13.9. The van der Waals surface area contributed by atoms with Crippen LogP contribution in [0, 0.1) is 0 Å². The summed E-state index contributed by atoms with van der Waals surface area (Å²) in [6.45, 7) is 5.91. The zero-order valence-corrected chi connectivity index (χ0v) is 18.4. The van der Waals surface area contributed by atoms with Crippen molar-refractivity contribution >= 4 is 34.8 Å². The molecule has 0 amide bonds. The van der Waals surface area contributed by atoms with Gasteiger partial charge in [-0.1, -0.05) is 42.9 Å². The van der Waals surface area contributed by atoms with Gasteiger partial charge in [-0.05, 0) is 38.0 Å². The van der Waals surface area contributed by atoms with Crippen LogP contribution in [0.15, 0.2) is 39.6 Å². The van der Waals surface area contributed by atoms with E-state index in [1.54, 1.807) is 18.4 Å². The van der Waals surface area contributed by atoms with Crippen molar-refractivity contribution in [1.82, 2.24) is 4.57 Å². The molecule has 1 aliphatic heterocycles. The molecule has 0 spiro atoms. The Morgan fingerprint density at radius 2 is 1.97 bits per heavy atom. The van der Waals surface area contributed by atoms with Gasteiger partial charge in [0.1, 0.15) is 6.04 Å². The Balaban J connectivity index is 2.21. The minimum absolute atomic E-state index is 0.122. The van der Waals surface area contributed by atoms with Crippen LogP contribution in [0.5, 0.6) is 0 Å². The average molecular weight is 414 g/mol. The number of hydrogen-bond donors (Lipinski definition) is 0. The van der Waals surface area contributed by atoms with E-state index in [2.05, 4.69) is 6.92 Å². The summed E-state index contributed by atoms with van der Waals surface area (Å²) in [7, 11) is 3.96. The normalized spacial score (nSPS) is 16.4. The Bertz CT molecular complexity index is 1110. The van der Waals surface area contributed by atoms with Gasteiger partial charge >= 0.3 is 5.97 Å². The molecular weight excluding hydrogens is 386 g/mol. The van der Waals surface area contributed by atoms with Crippen molar-refractivity contribution in [2.75, 3.05) is 25.6 Å². The van der Waals surface area contributed by atoms with Crippen LogP contribution in [0.1, 0.15) is 45.2 Å². The lowest BCUT2D eigenvalue weighted by atomic mass is 9.96. The van der Waals surface area contributed by atoms with Gasteiger partial charge in [-0.2, -0.15) is 0 Å². The lowest BCUT2D eigenvalue weighted by molar-refractivity contribution is -0.138. The molecule has 1 aliphatic rings. The molecule has 1 aromatic heterocycles. The highest BCUT2D eigenvalue weighted by atomic mass is 32.1. The number of nitrogens with zero attached hydrogens (tertiary/aromatic N) is 3. The second-order valence-electron chi connectivity index (χ2n) is 7.12. The Morgan fingerprint density at radius 3 is 2.55 bits per heavy atom. The first kappa shape index (κ1) is 21.0. The molecule has 154 valence electrons. The lowest BCUT2D eigenvalue weighted by Crippen LogP contribution is -2.35. The highest BCUT2D eigenvalue weighted by molar-refractivity contribution is 7.07. The van der Waals surface area contributed by atoms with Gasteiger partial charge in [-0.25, -0.2) is 9.79 Å². The molecule has 1 atom stereocenters. The van der Waals surface area contributed by atoms with E-state index >= 15 is 0 Å². The number of fused-ring (bicyclic) bond motifs is 1. The molecule has 0 unspecified atom stereocenters. The summed E-state index contributed by atoms with van der Waals surface area (Å²) in [5.74, 6) is -0.432. The van der Waals surface area contributed by atoms with E-state index in [1.165, 1.54) is 11.3 Å². The minimum atomic E-state index is -0.498. The van der Waals surface area contributed by atoms with Crippen LogP contribution < -0.4 is 19.8 Å². The number of allylic oxidation sites excluding steroid dienone is 1. The van der Waals surface area contributed by atoms with Crippen LogP contribution in [-0.4, -0.2) is 31.2 Å². The molecule has 0 radical (unpaired) electrons. The van der Waals surface area contributed by atoms with Gasteiger partial charge in [0.15, 0.2) is 4.80 Å². The summed E-state index contributed by atoms with van der Waals surface area (Å²) in [5.41, 5.74) is 2.84. The molecule has 0 N–H and O–H groups in total. The van der Waals surface area contributed by atoms with E-state index in [9.17, 15) is 9.59 Å². The molecule has 0 bridgehead atoms. The minimum Gasteiger partial charge on any atom is -0.463 e. The number of aromatic nitrogens is 1.